The van der Waals surface area contributed by atoms with Crippen LogP contribution in [0.4, 0.5) is 0 Å². The van der Waals surface area contributed by atoms with Crippen LogP contribution in [0.1, 0.15) is 18.5 Å². The molecule has 0 saturated heterocycles. The number of para-hydroxylation sites is 1. The normalized spacial score (nSPS) is 12.3. The third-order valence-corrected chi connectivity index (χ3v) is 3.79. The van der Waals surface area contributed by atoms with Crippen molar-refractivity contribution in [2.75, 3.05) is 0 Å². The predicted octanol–water partition coefficient (Wildman–Crippen LogP) is 5.31. The Bertz CT molecular complexity index is 783. The Morgan fingerprint density at radius 3 is 2.29 bits per heavy atom. The maximum Gasteiger partial charge on any atom is 0.135 e. The Balaban J connectivity index is 2.09. The van der Waals surface area contributed by atoms with E-state index in [0.29, 0.717) is 0 Å². The van der Waals surface area contributed by atoms with Crippen LogP contribution in [0.3, 0.4) is 0 Å². The Morgan fingerprint density at radius 1 is 0.857 bits per heavy atom. The average molecular weight is 298 g/mol. The Kier molecular flexibility index (Phi) is 3.82. The number of rotatable bonds is 3. The fourth-order valence-corrected chi connectivity index (χ4v) is 2.62. The largest absolute Gasteiger partial charge is 0.456 e. The molecule has 3 heteroatoms. The number of nitrogens with two attached hydrogens (primary N) is 1. The van der Waals surface area contributed by atoms with Crippen LogP contribution in [-0.2, 0) is 0 Å². The van der Waals surface area contributed by atoms with Gasteiger partial charge in [0.25, 0.3) is 0 Å². The molecule has 2 nitrogen and oxygen atoms in total. The van der Waals surface area contributed by atoms with Crippen molar-refractivity contribution in [1.29, 1.82) is 0 Å². The number of hydrogen-bond donors (Lipinski definition) is 1. The fourth-order valence-electron chi connectivity index (χ4n) is 2.39. The molecule has 0 radical (unpaired) electrons. The molecular formula is C18H16ClNO. The molecule has 0 spiro atoms. The summed E-state index contributed by atoms with van der Waals surface area (Å²) in [6.45, 7) is 1.95. The van der Waals surface area contributed by atoms with Crippen molar-refractivity contribution in [2.24, 2.45) is 5.73 Å². The lowest BCUT2D eigenvalue weighted by molar-refractivity contribution is 0.477. The lowest BCUT2D eigenvalue weighted by atomic mass is 10.1. The van der Waals surface area contributed by atoms with E-state index in [2.05, 4.69) is 0 Å². The van der Waals surface area contributed by atoms with Crippen molar-refractivity contribution in [3.05, 3.63) is 71.2 Å². The minimum absolute atomic E-state index is 0.0836. The van der Waals surface area contributed by atoms with Crippen LogP contribution >= 0.6 is 11.6 Å². The van der Waals surface area contributed by atoms with E-state index < -0.39 is 0 Å². The summed E-state index contributed by atoms with van der Waals surface area (Å²) < 4.78 is 6.10. The number of ether oxygens (including phenoxy) is 1. The summed E-state index contributed by atoms with van der Waals surface area (Å²) in [4.78, 5) is 0. The summed E-state index contributed by atoms with van der Waals surface area (Å²) >= 11 is 6.24. The smallest absolute Gasteiger partial charge is 0.135 e. The van der Waals surface area contributed by atoms with Crippen LogP contribution in [-0.4, -0.2) is 0 Å². The molecule has 0 heterocycles. The van der Waals surface area contributed by atoms with Gasteiger partial charge in [0.2, 0.25) is 0 Å². The van der Waals surface area contributed by atoms with E-state index >= 15 is 0 Å². The molecule has 0 bridgehead atoms. The van der Waals surface area contributed by atoms with Crippen LogP contribution in [0.15, 0.2) is 60.7 Å². The SMILES string of the molecule is CC(N)c1ccccc1Oc1ccc(Cl)c2ccccc12. The van der Waals surface area contributed by atoms with Gasteiger partial charge in [-0.05, 0) is 25.1 Å². The van der Waals surface area contributed by atoms with Crippen molar-refractivity contribution in [3.8, 4) is 11.5 Å². The van der Waals surface area contributed by atoms with E-state index in [4.69, 9.17) is 22.1 Å². The average Bonchev–Trinajstić information content (AvgIpc) is 2.51. The van der Waals surface area contributed by atoms with Gasteiger partial charge in [-0.25, -0.2) is 0 Å². The van der Waals surface area contributed by atoms with Gasteiger partial charge in [0, 0.05) is 27.4 Å². The van der Waals surface area contributed by atoms with E-state index in [1.165, 1.54) is 0 Å². The number of halogens is 1. The third kappa shape index (κ3) is 2.73. The summed E-state index contributed by atoms with van der Waals surface area (Å²) in [7, 11) is 0. The van der Waals surface area contributed by atoms with Crippen molar-refractivity contribution >= 4 is 22.4 Å². The molecule has 3 aromatic rings. The van der Waals surface area contributed by atoms with Crippen molar-refractivity contribution in [3.63, 3.8) is 0 Å². The second kappa shape index (κ2) is 5.76. The molecule has 2 N–H and O–H groups in total. The standard InChI is InChI=1S/C18H16ClNO/c1-12(20)13-6-4-5-9-17(13)21-18-11-10-16(19)14-7-2-3-8-15(14)18/h2-12H,20H2,1H3. The first-order chi connectivity index (χ1) is 10.2. The first-order valence-corrected chi connectivity index (χ1v) is 7.24. The highest BCUT2D eigenvalue weighted by Gasteiger charge is 2.11. The maximum absolute atomic E-state index is 6.24. The molecule has 0 aliphatic rings. The first-order valence-electron chi connectivity index (χ1n) is 6.86. The molecule has 1 unspecified atom stereocenters. The molecule has 21 heavy (non-hydrogen) atoms. The zero-order valence-corrected chi connectivity index (χ0v) is 12.5. The monoisotopic (exact) mass is 297 g/mol. The van der Waals surface area contributed by atoms with Gasteiger partial charge < -0.3 is 10.5 Å². The summed E-state index contributed by atoms with van der Waals surface area (Å²) in [6, 6.07) is 19.4. The Hall–Kier alpha value is -2.03. The van der Waals surface area contributed by atoms with Crippen LogP contribution in [0, 0.1) is 0 Å². The highest BCUT2D eigenvalue weighted by atomic mass is 35.5. The number of fused-ring (bicyclic) bond motifs is 1. The Morgan fingerprint density at radius 2 is 1.52 bits per heavy atom. The summed E-state index contributed by atoms with van der Waals surface area (Å²) in [5.74, 6) is 1.56. The van der Waals surface area contributed by atoms with Crippen molar-refractivity contribution < 1.29 is 4.74 Å². The topological polar surface area (TPSA) is 35.2 Å². The molecular weight excluding hydrogens is 282 g/mol. The fraction of sp³-hybridized carbons (Fsp3) is 0.111. The lowest BCUT2D eigenvalue weighted by Crippen LogP contribution is -2.06. The third-order valence-electron chi connectivity index (χ3n) is 3.46. The molecule has 0 saturated carbocycles. The van der Waals surface area contributed by atoms with Gasteiger partial charge in [0.05, 0.1) is 0 Å². The zero-order valence-electron chi connectivity index (χ0n) is 11.7. The summed E-state index contributed by atoms with van der Waals surface area (Å²) in [6.07, 6.45) is 0. The van der Waals surface area contributed by atoms with Gasteiger partial charge in [0.15, 0.2) is 0 Å². The molecule has 0 aromatic heterocycles. The quantitative estimate of drug-likeness (QED) is 0.711. The summed E-state index contributed by atoms with van der Waals surface area (Å²) in [5, 5.41) is 2.69. The molecule has 1 atom stereocenters. The molecule has 106 valence electrons. The minimum atomic E-state index is -0.0836. The van der Waals surface area contributed by atoms with Crippen molar-refractivity contribution in [2.45, 2.75) is 13.0 Å². The van der Waals surface area contributed by atoms with E-state index in [0.717, 1.165) is 32.9 Å². The number of benzene rings is 3. The van der Waals surface area contributed by atoms with E-state index in [1.807, 2.05) is 67.6 Å². The Labute approximate surface area is 129 Å². The van der Waals surface area contributed by atoms with Gasteiger partial charge in [-0.15, -0.1) is 0 Å². The van der Waals surface area contributed by atoms with Gasteiger partial charge in [0.1, 0.15) is 11.5 Å². The minimum Gasteiger partial charge on any atom is -0.456 e. The van der Waals surface area contributed by atoms with Crippen molar-refractivity contribution in [1.82, 2.24) is 0 Å². The molecule has 3 aromatic carbocycles. The maximum atomic E-state index is 6.24. The second-order valence-corrected chi connectivity index (χ2v) is 5.43. The highest BCUT2D eigenvalue weighted by molar-refractivity contribution is 6.35. The molecule has 0 aliphatic carbocycles. The second-order valence-electron chi connectivity index (χ2n) is 5.02. The number of hydrogen-bond acceptors (Lipinski definition) is 2. The molecule has 0 amide bonds. The first kappa shape index (κ1) is 13.9. The van der Waals surface area contributed by atoms with Gasteiger partial charge in [-0.1, -0.05) is 54.1 Å². The lowest BCUT2D eigenvalue weighted by Gasteiger charge is -2.15. The van der Waals surface area contributed by atoms with Crippen LogP contribution in [0.5, 0.6) is 11.5 Å². The van der Waals surface area contributed by atoms with E-state index in [-0.39, 0.29) is 6.04 Å². The van der Waals surface area contributed by atoms with E-state index in [1.54, 1.807) is 0 Å². The molecule has 3 rings (SSSR count). The molecule has 0 aliphatic heterocycles. The molecule has 0 fully saturated rings. The predicted molar refractivity (Wildman–Crippen MR) is 88.1 cm³/mol. The highest BCUT2D eigenvalue weighted by Crippen LogP contribution is 2.35. The van der Waals surface area contributed by atoms with Crippen LogP contribution < -0.4 is 10.5 Å². The zero-order chi connectivity index (χ0) is 14.8. The van der Waals surface area contributed by atoms with Crippen LogP contribution in [0.2, 0.25) is 5.02 Å². The van der Waals surface area contributed by atoms with E-state index in [9.17, 15) is 0 Å². The van der Waals surface area contributed by atoms with Gasteiger partial charge in [-0.3, -0.25) is 0 Å². The van der Waals surface area contributed by atoms with Gasteiger partial charge >= 0.3 is 0 Å². The van der Waals surface area contributed by atoms with Gasteiger partial charge in [-0.2, -0.15) is 0 Å². The van der Waals surface area contributed by atoms with Crippen LogP contribution in [0.25, 0.3) is 10.8 Å². The summed E-state index contributed by atoms with van der Waals surface area (Å²) in [5.41, 5.74) is 6.99.